The fourth-order valence-electron chi connectivity index (χ4n) is 1.27. The van der Waals surface area contributed by atoms with E-state index in [2.05, 4.69) is 0 Å². The van der Waals surface area contributed by atoms with E-state index in [0.29, 0.717) is 12.1 Å². The van der Waals surface area contributed by atoms with E-state index in [4.69, 9.17) is 28.3 Å². The van der Waals surface area contributed by atoms with Gasteiger partial charge in [-0.1, -0.05) is 29.3 Å². The molecule has 0 amide bonds. The zero-order valence-corrected chi connectivity index (χ0v) is 10.0. The summed E-state index contributed by atoms with van der Waals surface area (Å²) in [5, 5.41) is 8.56. The molecule has 1 rings (SSSR count). The maximum Gasteiger partial charge on any atom is 0.317 e. The van der Waals surface area contributed by atoms with Gasteiger partial charge in [-0.2, -0.15) is 0 Å². The highest BCUT2D eigenvalue weighted by Gasteiger charge is 2.12. The van der Waals surface area contributed by atoms with Crippen molar-refractivity contribution in [3.05, 3.63) is 33.6 Å². The third kappa shape index (κ3) is 3.33. The summed E-state index contributed by atoms with van der Waals surface area (Å²) in [5.41, 5.74) is 0.594. The molecule has 88 valence electrons. The molecule has 0 radical (unpaired) electrons. The predicted molar refractivity (Wildman–Crippen MR) is 60.4 cm³/mol. The van der Waals surface area contributed by atoms with Gasteiger partial charge in [0.15, 0.2) is 0 Å². The van der Waals surface area contributed by atoms with Gasteiger partial charge in [-0.05, 0) is 18.7 Å². The highest BCUT2D eigenvalue weighted by Crippen LogP contribution is 2.29. The summed E-state index contributed by atoms with van der Waals surface area (Å²) >= 11 is 11.5. The summed E-state index contributed by atoms with van der Waals surface area (Å²) in [6.07, 6.45) is 0. The van der Waals surface area contributed by atoms with Crippen LogP contribution in [-0.4, -0.2) is 29.6 Å². The van der Waals surface area contributed by atoms with Crippen LogP contribution in [0.4, 0.5) is 4.39 Å². The second kappa shape index (κ2) is 5.48. The van der Waals surface area contributed by atoms with Crippen LogP contribution < -0.4 is 0 Å². The average molecular weight is 266 g/mol. The van der Waals surface area contributed by atoms with E-state index in [1.54, 1.807) is 7.05 Å². The van der Waals surface area contributed by atoms with Gasteiger partial charge in [0.25, 0.3) is 0 Å². The molecule has 16 heavy (non-hydrogen) atoms. The van der Waals surface area contributed by atoms with Crippen LogP contribution in [0.5, 0.6) is 0 Å². The number of carbonyl (C=O) groups is 1. The van der Waals surface area contributed by atoms with E-state index >= 15 is 0 Å². The molecular weight excluding hydrogens is 256 g/mol. The third-order valence-electron chi connectivity index (χ3n) is 1.96. The number of aliphatic carboxylic acids is 1. The van der Waals surface area contributed by atoms with Crippen LogP contribution in [0, 0.1) is 5.82 Å². The first-order chi connectivity index (χ1) is 7.41. The first-order valence-electron chi connectivity index (χ1n) is 4.44. The van der Waals surface area contributed by atoms with Crippen LogP contribution in [0.3, 0.4) is 0 Å². The van der Waals surface area contributed by atoms with Crippen molar-refractivity contribution in [2.45, 2.75) is 6.54 Å². The highest BCUT2D eigenvalue weighted by molar-refractivity contribution is 6.42. The minimum Gasteiger partial charge on any atom is -0.480 e. The van der Waals surface area contributed by atoms with Crippen LogP contribution in [0.2, 0.25) is 10.0 Å². The van der Waals surface area contributed by atoms with Crippen molar-refractivity contribution in [1.82, 2.24) is 4.90 Å². The lowest BCUT2D eigenvalue weighted by molar-refractivity contribution is -0.138. The van der Waals surface area contributed by atoms with Crippen molar-refractivity contribution in [2.75, 3.05) is 13.6 Å². The number of hydrogen-bond donors (Lipinski definition) is 1. The Kier molecular flexibility index (Phi) is 4.53. The quantitative estimate of drug-likeness (QED) is 0.852. The Labute approximate surface area is 102 Å². The van der Waals surface area contributed by atoms with Gasteiger partial charge in [0.1, 0.15) is 5.82 Å². The summed E-state index contributed by atoms with van der Waals surface area (Å²) in [6.45, 7) is 0.177. The van der Waals surface area contributed by atoms with Gasteiger partial charge >= 0.3 is 5.97 Å². The van der Waals surface area contributed by atoms with Crippen LogP contribution in [-0.2, 0) is 11.3 Å². The van der Waals surface area contributed by atoms with Crippen molar-refractivity contribution < 1.29 is 14.3 Å². The molecule has 0 aliphatic carbocycles. The lowest BCUT2D eigenvalue weighted by Crippen LogP contribution is -2.25. The largest absolute Gasteiger partial charge is 0.480 e. The number of carboxylic acid groups (broad SMARTS) is 1. The van der Waals surface area contributed by atoms with Crippen molar-refractivity contribution in [1.29, 1.82) is 0 Å². The molecule has 0 aliphatic rings. The van der Waals surface area contributed by atoms with Crippen molar-refractivity contribution in [2.24, 2.45) is 0 Å². The van der Waals surface area contributed by atoms with Gasteiger partial charge in [-0.25, -0.2) is 4.39 Å². The van der Waals surface area contributed by atoms with Crippen molar-refractivity contribution in [3.63, 3.8) is 0 Å². The van der Waals surface area contributed by atoms with Gasteiger partial charge in [0, 0.05) is 6.54 Å². The fourth-order valence-corrected chi connectivity index (χ4v) is 1.66. The number of hydrogen-bond acceptors (Lipinski definition) is 2. The van der Waals surface area contributed by atoms with E-state index in [-0.39, 0.29) is 16.6 Å². The Morgan fingerprint density at radius 2 is 2.06 bits per heavy atom. The number of carboxylic acids is 1. The highest BCUT2D eigenvalue weighted by atomic mass is 35.5. The molecule has 0 spiro atoms. The second-order valence-electron chi connectivity index (χ2n) is 3.40. The molecule has 0 atom stereocenters. The van der Waals surface area contributed by atoms with Gasteiger partial charge in [0.2, 0.25) is 0 Å². The second-order valence-corrected chi connectivity index (χ2v) is 4.16. The minimum absolute atomic E-state index is 0.120. The predicted octanol–water partition coefficient (Wildman–Crippen LogP) is 2.65. The standard InChI is InChI=1S/C10H10Cl2FNO2/c1-14(5-8(15)16)4-6-2-3-7(13)10(12)9(6)11/h2-3H,4-5H2,1H3,(H,15,16). The van der Waals surface area contributed by atoms with E-state index in [0.717, 1.165) is 0 Å². The monoisotopic (exact) mass is 265 g/mol. The van der Waals surface area contributed by atoms with E-state index in [9.17, 15) is 9.18 Å². The summed E-state index contributed by atoms with van der Waals surface area (Å²) in [7, 11) is 1.63. The molecule has 0 aromatic heterocycles. The van der Waals surface area contributed by atoms with Crippen LogP contribution in [0.1, 0.15) is 5.56 Å². The molecule has 0 saturated heterocycles. The Bertz CT molecular complexity index is 412. The zero-order valence-electron chi connectivity index (χ0n) is 8.51. The third-order valence-corrected chi connectivity index (χ3v) is 2.86. The molecule has 0 heterocycles. The molecule has 0 aliphatic heterocycles. The van der Waals surface area contributed by atoms with E-state index in [1.807, 2.05) is 0 Å². The molecule has 3 nitrogen and oxygen atoms in total. The maximum atomic E-state index is 13.0. The summed E-state index contributed by atoms with van der Waals surface area (Å²) in [6, 6.07) is 2.69. The number of benzene rings is 1. The van der Waals surface area contributed by atoms with Crippen LogP contribution in [0.15, 0.2) is 12.1 Å². The SMILES string of the molecule is CN(CC(=O)O)Cc1ccc(F)c(Cl)c1Cl. The smallest absolute Gasteiger partial charge is 0.317 e. The maximum absolute atomic E-state index is 13.0. The minimum atomic E-state index is -0.938. The summed E-state index contributed by atoms with van der Waals surface area (Å²) in [5.74, 6) is -1.52. The summed E-state index contributed by atoms with van der Waals surface area (Å²) in [4.78, 5) is 12.0. The number of rotatable bonds is 4. The molecule has 0 unspecified atom stereocenters. The van der Waals surface area contributed by atoms with Crippen molar-refractivity contribution in [3.8, 4) is 0 Å². The molecule has 1 aromatic rings. The van der Waals surface area contributed by atoms with E-state index in [1.165, 1.54) is 17.0 Å². The first kappa shape index (κ1) is 13.2. The van der Waals surface area contributed by atoms with Crippen LogP contribution in [0.25, 0.3) is 0 Å². The average Bonchev–Trinajstić information content (AvgIpc) is 2.18. The summed E-state index contributed by atoms with van der Waals surface area (Å²) < 4.78 is 13.0. The molecule has 0 saturated carbocycles. The lowest BCUT2D eigenvalue weighted by atomic mass is 10.2. The topological polar surface area (TPSA) is 40.5 Å². The molecule has 1 aromatic carbocycles. The number of halogens is 3. The van der Waals surface area contributed by atoms with E-state index < -0.39 is 11.8 Å². The molecule has 1 N–H and O–H groups in total. The lowest BCUT2D eigenvalue weighted by Gasteiger charge is -2.15. The van der Waals surface area contributed by atoms with Gasteiger partial charge in [0.05, 0.1) is 16.6 Å². The molecule has 6 heteroatoms. The Balaban J connectivity index is 2.82. The Morgan fingerprint density at radius 3 is 2.62 bits per heavy atom. The zero-order chi connectivity index (χ0) is 12.3. The normalized spacial score (nSPS) is 10.8. The first-order valence-corrected chi connectivity index (χ1v) is 5.20. The molecule has 0 bridgehead atoms. The number of likely N-dealkylation sites (N-methyl/N-ethyl adjacent to an activating group) is 1. The van der Waals surface area contributed by atoms with Gasteiger partial charge in [-0.15, -0.1) is 0 Å². The van der Waals surface area contributed by atoms with Gasteiger partial charge < -0.3 is 5.11 Å². The van der Waals surface area contributed by atoms with Crippen LogP contribution >= 0.6 is 23.2 Å². The Morgan fingerprint density at radius 1 is 1.44 bits per heavy atom. The number of nitrogens with zero attached hydrogens (tertiary/aromatic N) is 1. The molecular formula is C10H10Cl2FNO2. The van der Waals surface area contributed by atoms with Gasteiger partial charge in [-0.3, -0.25) is 9.69 Å². The Hall–Kier alpha value is -0.840. The van der Waals surface area contributed by atoms with Crippen molar-refractivity contribution >= 4 is 29.2 Å². The fraction of sp³-hybridized carbons (Fsp3) is 0.300. The molecule has 0 fully saturated rings.